The van der Waals surface area contributed by atoms with Crippen molar-refractivity contribution in [2.75, 3.05) is 45.4 Å². The molecule has 0 bridgehead atoms. The Morgan fingerprint density at radius 2 is 2.03 bits per heavy atom. The number of anilines is 1. The second kappa shape index (κ2) is 10.2. The third-order valence-corrected chi connectivity index (χ3v) is 6.14. The highest BCUT2D eigenvalue weighted by Crippen LogP contribution is 2.31. The van der Waals surface area contributed by atoms with Gasteiger partial charge in [-0.25, -0.2) is 4.98 Å². The molecule has 7 heteroatoms. The predicted molar refractivity (Wildman–Crippen MR) is 125 cm³/mol. The number of hydrogen-bond donors (Lipinski definition) is 1. The average Bonchev–Trinajstić information content (AvgIpc) is 3.10. The number of aromatic nitrogens is 1. The number of thiazole rings is 1. The Kier molecular flexibility index (Phi) is 7.66. The Bertz CT molecular complexity index is 1000. The highest BCUT2D eigenvalue weighted by Gasteiger charge is 2.10. The smallest absolute Gasteiger partial charge is 0.133 e. The van der Waals surface area contributed by atoms with Crippen molar-refractivity contribution in [3.63, 3.8) is 0 Å². The fourth-order valence-electron chi connectivity index (χ4n) is 3.01. The molecular formula is C22H25BrN2O3S. The van der Waals surface area contributed by atoms with Crippen LogP contribution in [0.4, 0.5) is 5.69 Å². The van der Waals surface area contributed by atoms with Gasteiger partial charge < -0.3 is 19.5 Å². The van der Waals surface area contributed by atoms with Crippen molar-refractivity contribution in [3.8, 4) is 5.75 Å². The predicted octanol–water partition coefficient (Wildman–Crippen LogP) is 4.99. The second-order valence-electron chi connectivity index (χ2n) is 6.64. The lowest BCUT2D eigenvalue weighted by Crippen LogP contribution is -2.23. The van der Waals surface area contributed by atoms with Crippen LogP contribution in [-0.4, -0.2) is 50.6 Å². The third-order valence-electron chi connectivity index (χ3n) is 4.53. The van der Waals surface area contributed by atoms with E-state index >= 15 is 0 Å². The number of methoxy groups -OCH3 is 1. The summed E-state index contributed by atoms with van der Waals surface area (Å²) in [6.07, 6.45) is 4.10. The number of hydrogen-bond acceptors (Lipinski definition) is 6. The zero-order chi connectivity index (χ0) is 20.8. The number of aryl methyl sites for hydroxylation is 1. The SMILES string of the molecule is COc1ccc(/C=C/c2nc3cc(C)c(N(C)CCOCCO)cc3s2)cc1Br. The van der Waals surface area contributed by atoms with Crippen molar-refractivity contribution in [2.45, 2.75) is 6.92 Å². The summed E-state index contributed by atoms with van der Waals surface area (Å²) in [6.45, 7) is 3.89. The Labute approximate surface area is 183 Å². The van der Waals surface area contributed by atoms with Gasteiger partial charge in [0.2, 0.25) is 0 Å². The Morgan fingerprint density at radius 3 is 2.76 bits per heavy atom. The molecule has 0 aliphatic carbocycles. The number of halogens is 1. The van der Waals surface area contributed by atoms with E-state index in [9.17, 15) is 0 Å². The van der Waals surface area contributed by atoms with E-state index in [1.165, 1.54) is 11.3 Å². The zero-order valence-corrected chi connectivity index (χ0v) is 19.2. The molecule has 0 aliphatic rings. The van der Waals surface area contributed by atoms with Crippen LogP contribution in [0.3, 0.4) is 0 Å². The molecule has 0 radical (unpaired) electrons. The molecule has 0 amide bonds. The highest BCUT2D eigenvalue weighted by atomic mass is 79.9. The first-order valence-corrected chi connectivity index (χ1v) is 11.0. The Hall–Kier alpha value is -1.93. The fourth-order valence-corrected chi connectivity index (χ4v) is 4.45. The molecule has 5 nitrogen and oxygen atoms in total. The van der Waals surface area contributed by atoms with Crippen LogP contribution in [0.1, 0.15) is 16.1 Å². The lowest BCUT2D eigenvalue weighted by atomic mass is 10.1. The van der Waals surface area contributed by atoms with Crippen molar-refractivity contribution in [1.29, 1.82) is 0 Å². The average molecular weight is 477 g/mol. The minimum Gasteiger partial charge on any atom is -0.496 e. The minimum absolute atomic E-state index is 0.0549. The Balaban J connectivity index is 1.76. The molecule has 1 aromatic heterocycles. The monoisotopic (exact) mass is 476 g/mol. The number of rotatable bonds is 9. The summed E-state index contributed by atoms with van der Waals surface area (Å²) in [5, 5.41) is 9.78. The standard InChI is InChI=1S/C22H25BrN2O3S/c1-15-12-18-21(14-19(15)25(2)8-10-28-11-9-26)29-22(24-18)7-5-16-4-6-20(27-3)17(23)13-16/h4-7,12-14,26H,8-11H2,1-3H3/b7-5+. The lowest BCUT2D eigenvalue weighted by Gasteiger charge is -2.21. The minimum atomic E-state index is 0.0549. The van der Waals surface area contributed by atoms with Gasteiger partial charge in [0.05, 0.1) is 41.6 Å². The molecule has 29 heavy (non-hydrogen) atoms. The van der Waals surface area contributed by atoms with Crippen LogP contribution in [0.15, 0.2) is 34.8 Å². The van der Waals surface area contributed by atoms with Crippen molar-refractivity contribution < 1.29 is 14.6 Å². The number of ether oxygens (including phenoxy) is 2. The van der Waals surface area contributed by atoms with E-state index in [1.807, 2.05) is 24.3 Å². The molecule has 1 heterocycles. The quantitative estimate of drug-likeness (QED) is 0.440. The van der Waals surface area contributed by atoms with E-state index in [0.717, 1.165) is 37.6 Å². The van der Waals surface area contributed by atoms with E-state index in [0.29, 0.717) is 13.2 Å². The maximum atomic E-state index is 8.81. The summed E-state index contributed by atoms with van der Waals surface area (Å²) in [4.78, 5) is 6.93. The van der Waals surface area contributed by atoms with Crippen LogP contribution >= 0.6 is 27.3 Å². The zero-order valence-electron chi connectivity index (χ0n) is 16.8. The maximum absolute atomic E-state index is 8.81. The van der Waals surface area contributed by atoms with Crippen LogP contribution in [-0.2, 0) is 4.74 Å². The Morgan fingerprint density at radius 1 is 1.21 bits per heavy atom. The molecule has 0 atom stereocenters. The number of nitrogens with zero attached hydrogens (tertiary/aromatic N) is 2. The van der Waals surface area contributed by atoms with E-state index in [2.05, 4.69) is 53.0 Å². The number of aliphatic hydroxyl groups is 1. The van der Waals surface area contributed by atoms with Gasteiger partial charge >= 0.3 is 0 Å². The second-order valence-corrected chi connectivity index (χ2v) is 8.56. The van der Waals surface area contributed by atoms with Crippen LogP contribution in [0.2, 0.25) is 0 Å². The summed E-state index contributed by atoms with van der Waals surface area (Å²) < 4.78 is 12.7. The van der Waals surface area contributed by atoms with E-state index in [-0.39, 0.29) is 6.61 Å². The third kappa shape index (κ3) is 5.57. The molecular weight excluding hydrogens is 452 g/mol. The van der Waals surface area contributed by atoms with Crippen LogP contribution in [0, 0.1) is 6.92 Å². The van der Waals surface area contributed by atoms with Gasteiger partial charge in [0.25, 0.3) is 0 Å². The van der Waals surface area contributed by atoms with Crippen molar-refractivity contribution >= 4 is 55.3 Å². The number of fused-ring (bicyclic) bond motifs is 1. The van der Waals surface area contributed by atoms with Gasteiger partial charge in [-0.1, -0.05) is 12.1 Å². The highest BCUT2D eigenvalue weighted by molar-refractivity contribution is 9.10. The first kappa shape index (κ1) is 21.8. The largest absolute Gasteiger partial charge is 0.496 e. The van der Waals surface area contributed by atoms with Gasteiger partial charge in [0, 0.05) is 19.3 Å². The van der Waals surface area contributed by atoms with Crippen LogP contribution in [0.5, 0.6) is 5.75 Å². The van der Waals surface area contributed by atoms with Crippen LogP contribution in [0.25, 0.3) is 22.4 Å². The molecule has 0 saturated heterocycles. The summed E-state index contributed by atoms with van der Waals surface area (Å²) in [6, 6.07) is 10.3. The van der Waals surface area contributed by atoms with Crippen molar-refractivity contribution in [1.82, 2.24) is 4.98 Å². The molecule has 0 aliphatic heterocycles. The van der Waals surface area contributed by atoms with Gasteiger partial charge in [0.1, 0.15) is 10.8 Å². The lowest BCUT2D eigenvalue weighted by molar-refractivity contribution is 0.0971. The maximum Gasteiger partial charge on any atom is 0.133 e. The number of aliphatic hydroxyl groups excluding tert-OH is 1. The van der Waals surface area contributed by atoms with Gasteiger partial charge in [-0.3, -0.25) is 0 Å². The van der Waals surface area contributed by atoms with Gasteiger partial charge in [-0.05, 0) is 64.3 Å². The molecule has 3 rings (SSSR count). The fraction of sp³-hybridized carbons (Fsp3) is 0.318. The summed E-state index contributed by atoms with van der Waals surface area (Å²) in [5.74, 6) is 0.816. The van der Waals surface area contributed by atoms with E-state index < -0.39 is 0 Å². The normalized spacial score (nSPS) is 11.5. The van der Waals surface area contributed by atoms with Crippen LogP contribution < -0.4 is 9.64 Å². The van der Waals surface area contributed by atoms with E-state index in [1.54, 1.807) is 18.4 Å². The first-order chi connectivity index (χ1) is 14.0. The molecule has 0 saturated carbocycles. The molecule has 0 spiro atoms. The van der Waals surface area contributed by atoms with Crippen molar-refractivity contribution in [3.05, 3.63) is 50.9 Å². The molecule has 0 fully saturated rings. The van der Waals surface area contributed by atoms with Gasteiger partial charge in [-0.2, -0.15) is 0 Å². The number of likely N-dealkylation sites (N-methyl/N-ethyl adjacent to an activating group) is 1. The van der Waals surface area contributed by atoms with E-state index in [4.69, 9.17) is 19.6 Å². The topological polar surface area (TPSA) is 54.8 Å². The molecule has 154 valence electrons. The first-order valence-electron chi connectivity index (χ1n) is 9.34. The van der Waals surface area contributed by atoms with Gasteiger partial charge in [0.15, 0.2) is 0 Å². The number of benzene rings is 2. The molecule has 1 N–H and O–H groups in total. The van der Waals surface area contributed by atoms with Gasteiger partial charge in [-0.15, -0.1) is 11.3 Å². The van der Waals surface area contributed by atoms with Crippen molar-refractivity contribution in [2.24, 2.45) is 0 Å². The summed E-state index contributed by atoms with van der Waals surface area (Å²) in [7, 11) is 3.71. The molecule has 3 aromatic rings. The molecule has 0 unspecified atom stereocenters. The molecule has 2 aromatic carbocycles. The summed E-state index contributed by atoms with van der Waals surface area (Å²) in [5.41, 5.74) is 4.44. The summed E-state index contributed by atoms with van der Waals surface area (Å²) >= 11 is 5.20.